The fourth-order valence-electron chi connectivity index (χ4n) is 3.19. The minimum atomic E-state index is -0.145. The van der Waals surface area contributed by atoms with Crippen molar-refractivity contribution < 1.29 is 4.39 Å². The zero-order chi connectivity index (χ0) is 14.7. The quantitative estimate of drug-likeness (QED) is 0.902. The van der Waals surface area contributed by atoms with Crippen LogP contribution in [0.2, 0.25) is 0 Å². The van der Waals surface area contributed by atoms with E-state index in [1.165, 1.54) is 12.1 Å². The summed E-state index contributed by atoms with van der Waals surface area (Å²) >= 11 is 0. The normalized spacial score (nSPS) is 23.4. The highest BCUT2D eigenvalue weighted by molar-refractivity contribution is 5.54. The minimum absolute atomic E-state index is 0.145. The lowest BCUT2D eigenvalue weighted by Gasteiger charge is -2.43. The predicted molar refractivity (Wildman–Crippen MR) is 83.8 cm³/mol. The number of nitrogens with zero attached hydrogens (tertiary/aromatic N) is 1. The second-order valence-electron chi connectivity index (χ2n) is 6.38. The summed E-state index contributed by atoms with van der Waals surface area (Å²) in [5.41, 5.74) is 2.22. The monoisotopic (exact) mass is 278 g/mol. The molecule has 2 nitrogen and oxygen atoms in total. The van der Waals surface area contributed by atoms with Gasteiger partial charge in [0.05, 0.1) is 0 Å². The lowest BCUT2D eigenvalue weighted by atomic mass is 9.97. The van der Waals surface area contributed by atoms with Crippen LogP contribution in [0.25, 0.3) is 0 Å². The highest BCUT2D eigenvalue weighted by Gasteiger charge is 2.28. The minimum Gasteiger partial charge on any atom is -0.366 e. The Morgan fingerprint density at radius 1 is 1.40 bits per heavy atom. The molecule has 3 heteroatoms. The molecular weight excluding hydrogens is 251 g/mol. The molecule has 1 saturated heterocycles. The molecule has 1 fully saturated rings. The van der Waals surface area contributed by atoms with E-state index in [0.29, 0.717) is 18.0 Å². The molecule has 0 amide bonds. The van der Waals surface area contributed by atoms with E-state index < -0.39 is 0 Å². The van der Waals surface area contributed by atoms with Gasteiger partial charge in [0.15, 0.2) is 0 Å². The molecule has 1 N–H and O–H groups in total. The van der Waals surface area contributed by atoms with Crippen molar-refractivity contribution in [3.05, 3.63) is 29.6 Å². The Bertz CT molecular complexity index is 445. The smallest absolute Gasteiger partial charge is 0.123 e. The van der Waals surface area contributed by atoms with E-state index in [0.717, 1.165) is 25.1 Å². The summed E-state index contributed by atoms with van der Waals surface area (Å²) < 4.78 is 13.3. The summed E-state index contributed by atoms with van der Waals surface area (Å²) in [7, 11) is 0. The van der Waals surface area contributed by atoms with Gasteiger partial charge in [-0.1, -0.05) is 20.8 Å². The van der Waals surface area contributed by atoms with Crippen LogP contribution in [0.4, 0.5) is 10.1 Å². The van der Waals surface area contributed by atoms with Gasteiger partial charge in [-0.15, -0.1) is 0 Å². The zero-order valence-corrected chi connectivity index (χ0v) is 13.1. The van der Waals surface area contributed by atoms with Crippen LogP contribution in [0, 0.1) is 18.7 Å². The van der Waals surface area contributed by atoms with Gasteiger partial charge in [0, 0.05) is 30.9 Å². The van der Waals surface area contributed by atoms with Crippen LogP contribution in [0.5, 0.6) is 0 Å². The third kappa shape index (κ3) is 3.51. The third-order valence-electron chi connectivity index (χ3n) is 4.20. The Hall–Kier alpha value is -1.09. The SMILES string of the molecule is CCC1CNC(CC(C)C)CN1c1ccc(F)cc1C. The fourth-order valence-corrected chi connectivity index (χ4v) is 3.19. The summed E-state index contributed by atoms with van der Waals surface area (Å²) in [6.45, 7) is 10.8. The van der Waals surface area contributed by atoms with Gasteiger partial charge in [-0.3, -0.25) is 0 Å². The molecular formula is C17H27FN2. The maximum absolute atomic E-state index is 13.3. The third-order valence-corrected chi connectivity index (χ3v) is 4.20. The summed E-state index contributed by atoms with van der Waals surface area (Å²) in [6, 6.07) is 6.19. The van der Waals surface area contributed by atoms with Crippen molar-refractivity contribution in [2.75, 3.05) is 18.0 Å². The molecule has 1 aliphatic rings. The lowest BCUT2D eigenvalue weighted by molar-refractivity contribution is 0.343. The molecule has 0 aliphatic carbocycles. The molecule has 0 radical (unpaired) electrons. The van der Waals surface area contributed by atoms with Crippen molar-refractivity contribution in [3.8, 4) is 0 Å². The van der Waals surface area contributed by atoms with Crippen molar-refractivity contribution >= 4 is 5.69 Å². The summed E-state index contributed by atoms with van der Waals surface area (Å²) in [6.07, 6.45) is 2.30. The molecule has 0 bridgehead atoms. The number of piperazine rings is 1. The van der Waals surface area contributed by atoms with Crippen LogP contribution in [0.15, 0.2) is 18.2 Å². The van der Waals surface area contributed by atoms with Crippen LogP contribution in [0.1, 0.15) is 39.2 Å². The number of halogens is 1. The molecule has 112 valence electrons. The van der Waals surface area contributed by atoms with Gasteiger partial charge in [0.1, 0.15) is 5.82 Å². The van der Waals surface area contributed by atoms with Crippen molar-refractivity contribution in [2.45, 2.75) is 52.6 Å². The number of rotatable bonds is 4. The lowest BCUT2D eigenvalue weighted by Crippen LogP contribution is -2.57. The summed E-state index contributed by atoms with van der Waals surface area (Å²) in [4.78, 5) is 2.47. The van der Waals surface area contributed by atoms with Crippen LogP contribution < -0.4 is 10.2 Å². The van der Waals surface area contributed by atoms with Crippen LogP contribution >= 0.6 is 0 Å². The van der Waals surface area contributed by atoms with Gasteiger partial charge >= 0.3 is 0 Å². The van der Waals surface area contributed by atoms with E-state index in [4.69, 9.17) is 0 Å². The highest BCUT2D eigenvalue weighted by Crippen LogP contribution is 2.27. The topological polar surface area (TPSA) is 15.3 Å². The number of aryl methyl sites for hydroxylation is 1. The Balaban J connectivity index is 2.20. The zero-order valence-electron chi connectivity index (χ0n) is 13.1. The second-order valence-corrected chi connectivity index (χ2v) is 6.38. The highest BCUT2D eigenvalue weighted by atomic mass is 19.1. The van der Waals surface area contributed by atoms with Gasteiger partial charge < -0.3 is 10.2 Å². The van der Waals surface area contributed by atoms with Crippen LogP contribution in [-0.4, -0.2) is 25.2 Å². The maximum atomic E-state index is 13.3. The average Bonchev–Trinajstić information content (AvgIpc) is 2.38. The van der Waals surface area contributed by atoms with Crippen molar-refractivity contribution in [2.24, 2.45) is 5.92 Å². The summed E-state index contributed by atoms with van der Waals surface area (Å²) in [5, 5.41) is 3.67. The molecule has 0 saturated carbocycles. The van der Waals surface area contributed by atoms with E-state index in [1.807, 2.05) is 13.0 Å². The average molecular weight is 278 g/mol. The van der Waals surface area contributed by atoms with Crippen LogP contribution in [0.3, 0.4) is 0 Å². The first-order chi connectivity index (χ1) is 9.51. The maximum Gasteiger partial charge on any atom is 0.123 e. The molecule has 2 rings (SSSR count). The Labute approximate surface area is 122 Å². The van der Waals surface area contributed by atoms with Crippen molar-refractivity contribution in [1.29, 1.82) is 0 Å². The number of benzene rings is 1. The number of nitrogens with one attached hydrogen (secondary N) is 1. The standard InChI is InChI=1S/C17H27FN2/c1-5-16-10-19-15(8-12(2)3)11-20(16)17-7-6-14(18)9-13(17)4/h6-7,9,12,15-16,19H,5,8,10-11H2,1-4H3. The predicted octanol–water partition coefficient (Wildman–Crippen LogP) is 3.74. The molecule has 2 unspecified atom stereocenters. The molecule has 1 heterocycles. The molecule has 1 aromatic rings. The molecule has 0 aromatic heterocycles. The summed E-state index contributed by atoms with van der Waals surface area (Å²) in [5.74, 6) is 0.551. The molecule has 1 aromatic carbocycles. The van der Waals surface area contributed by atoms with E-state index in [1.54, 1.807) is 12.1 Å². The second kappa shape index (κ2) is 6.57. The number of hydrogen-bond donors (Lipinski definition) is 1. The van der Waals surface area contributed by atoms with Crippen molar-refractivity contribution in [3.63, 3.8) is 0 Å². The largest absolute Gasteiger partial charge is 0.366 e. The molecule has 20 heavy (non-hydrogen) atoms. The number of anilines is 1. The first-order valence-electron chi connectivity index (χ1n) is 7.77. The first-order valence-corrected chi connectivity index (χ1v) is 7.77. The Kier molecular flexibility index (Phi) is 5.03. The Morgan fingerprint density at radius 3 is 2.75 bits per heavy atom. The molecule has 2 atom stereocenters. The van der Waals surface area contributed by atoms with E-state index in [-0.39, 0.29) is 5.82 Å². The van der Waals surface area contributed by atoms with Gasteiger partial charge in [-0.05, 0) is 49.4 Å². The van der Waals surface area contributed by atoms with Crippen molar-refractivity contribution in [1.82, 2.24) is 5.32 Å². The van der Waals surface area contributed by atoms with E-state index in [9.17, 15) is 4.39 Å². The van der Waals surface area contributed by atoms with E-state index >= 15 is 0 Å². The van der Waals surface area contributed by atoms with Gasteiger partial charge in [-0.2, -0.15) is 0 Å². The molecule has 0 spiro atoms. The van der Waals surface area contributed by atoms with Crippen LogP contribution in [-0.2, 0) is 0 Å². The Morgan fingerprint density at radius 2 is 2.15 bits per heavy atom. The van der Waals surface area contributed by atoms with E-state index in [2.05, 4.69) is 31.0 Å². The number of hydrogen-bond acceptors (Lipinski definition) is 2. The molecule has 1 aliphatic heterocycles. The first kappa shape index (κ1) is 15.3. The van der Waals surface area contributed by atoms with Gasteiger partial charge in [0.2, 0.25) is 0 Å². The fraction of sp³-hybridized carbons (Fsp3) is 0.647. The van der Waals surface area contributed by atoms with Gasteiger partial charge in [-0.25, -0.2) is 4.39 Å². The van der Waals surface area contributed by atoms with Gasteiger partial charge in [0.25, 0.3) is 0 Å².